The first-order chi connectivity index (χ1) is 12.7. The van der Waals surface area contributed by atoms with Crippen molar-refractivity contribution in [1.82, 2.24) is 9.80 Å². The molecular formula is C20H28N2O4. The molecule has 0 bridgehead atoms. The largest absolute Gasteiger partial charge is 0.492 e. The zero-order valence-corrected chi connectivity index (χ0v) is 15.3. The van der Waals surface area contributed by atoms with Gasteiger partial charge in [-0.05, 0) is 37.8 Å². The summed E-state index contributed by atoms with van der Waals surface area (Å²) in [5, 5.41) is 0. The van der Waals surface area contributed by atoms with Crippen molar-refractivity contribution >= 4 is 11.8 Å². The maximum Gasteiger partial charge on any atom is 0.242 e. The molecule has 1 aromatic rings. The van der Waals surface area contributed by atoms with Gasteiger partial charge in [0.05, 0.1) is 19.2 Å². The highest BCUT2D eigenvalue weighted by atomic mass is 16.5. The fraction of sp³-hybridized carbons (Fsp3) is 0.600. The van der Waals surface area contributed by atoms with Gasteiger partial charge in [0.25, 0.3) is 0 Å². The van der Waals surface area contributed by atoms with E-state index in [0.717, 1.165) is 38.0 Å². The molecule has 1 unspecified atom stereocenters. The van der Waals surface area contributed by atoms with Gasteiger partial charge < -0.3 is 19.3 Å². The van der Waals surface area contributed by atoms with E-state index in [4.69, 9.17) is 9.47 Å². The molecule has 142 valence electrons. The lowest BCUT2D eigenvalue weighted by Gasteiger charge is -2.31. The van der Waals surface area contributed by atoms with E-state index in [1.807, 2.05) is 30.3 Å². The predicted molar refractivity (Wildman–Crippen MR) is 97.9 cm³/mol. The van der Waals surface area contributed by atoms with Gasteiger partial charge in [-0.1, -0.05) is 18.2 Å². The van der Waals surface area contributed by atoms with Crippen LogP contribution in [-0.4, -0.2) is 67.1 Å². The van der Waals surface area contributed by atoms with Crippen molar-refractivity contribution in [2.75, 3.05) is 39.4 Å². The van der Waals surface area contributed by atoms with E-state index in [-0.39, 0.29) is 24.5 Å². The van der Waals surface area contributed by atoms with E-state index < -0.39 is 0 Å². The maximum atomic E-state index is 12.8. The summed E-state index contributed by atoms with van der Waals surface area (Å²) < 4.78 is 11.4. The van der Waals surface area contributed by atoms with Crippen molar-refractivity contribution in [2.24, 2.45) is 0 Å². The Kier molecular flexibility index (Phi) is 6.89. The second-order valence-electron chi connectivity index (χ2n) is 6.91. The highest BCUT2D eigenvalue weighted by Crippen LogP contribution is 2.15. The van der Waals surface area contributed by atoms with E-state index >= 15 is 0 Å². The van der Waals surface area contributed by atoms with Crippen LogP contribution in [0, 0.1) is 0 Å². The number of carbonyl (C=O) groups excluding carboxylic acids is 2. The molecule has 26 heavy (non-hydrogen) atoms. The van der Waals surface area contributed by atoms with Crippen LogP contribution in [0.5, 0.6) is 5.75 Å². The maximum absolute atomic E-state index is 12.8. The van der Waals surface area contributed by atoms with Crippen LogP contribution >= 0.6 is 0 Å². The van der Waals surface area contributed by atoms with Gasteiger partial charge in [0.2, 0.25) is 11.8 Å². The Bertz CT molecular complexity index is 587. The van der Waals surface area contributed by atoms with E-state index in [2.05, 4.69) is 0 Å². The number of likely N-dealkylation sites (tertiary alicyclic amines) is 1. The summed E-state index contributed by atoms with van der Waals surface area (Å²) in [5.41, 5.74) is 0. The summed E-state index contributed by atoms with van der Waals surface area (Å²) in [6.07, 6.45) is 4.56. The molecule has 2 amide bonds. The molecule has 0 N–H and O–H groups in total. The Balaban J connectivity index is 1.54. The molecule has 2 aliphatic rings. The van der Waals surface area contributed by atoms with Crippen molar-refractivity contribution < 1.29 is 19.1 Å². The number of hydrogen-bond donors (Lipinski definition) is 0. The molecule has 0 aliphatic carbocycles. The van der Waals surface area contributed by atoms with E-state index in [0.29, 0.717) is 32.7 Å². The molecule has 0 radical (unpaired) electrons. The van der Waals surface area contributed by atoms with Crippen LogP contribution in [0.1, 0.15) is 32.1 Å². The molecule has 1 aromatic carbocycles. The topological polar surface area (TPSA) is 59.1 Å². The minimum absolute atomic E-state index is 0.0209. The minimum Gasteiger partial charge on any atom is -0.492 e. The van der Waals surface area contributed by atoms with Crippen molar-refractivity contribution in [1.29, 1.82) is 0 Å². The number of benzene rings is 1. The molecule has 6 heteroatoms. The van der Waals surface area contributed by atoms with Gasteiger partial charge in [0.1, 0.15) is 12.4 Å². The standard InChI is InChI=1S/C20H28N2O4/c23-19-10-4-5-11-21(19)16-20(24)22(15-18-9-6-13-25-18)12-14-26-17-7-2-1-3-8-17/h1-3,7-8,18H,4-6,9-16H2. The number of para-hydroxylation sites is 1. The fourth-order valence-electron chi connectivity index (χ4n) is 3.43. The number of rotatable bonds is 8. The number of amides is 2. The van der Waals surface area contributed by atoms with Crippen LogP contribution in [0.15, 0.2) is 30.3 Å². The number of hydrogen-bond acceptors (Lipinski definition) is 4. The van der Waals surface area contributed by atoms with Gasteiger partial charge in [0, 0.05) is 26.1 Å². The first kappa shape index (κ1) is 18.7. The smallest absolute Gasteiger partial charge is 0.242 e. The zero-order valence-electron chi connectivity index (χ0n) is 15.3. The predicted octanol–water partition coefficient (Wildman–Crippen LogP) is 2.09. The summed E-state index contributed by atoms with van der Waals surface area (Å²) in [7, 11) is 0. The zero-order chi connectivity index (χ0) is 18.2. The van der Waals surface area contributed by atoms with Crippen LogP contribution in [0.25, 0.3) is 0 Å². The van der Waals surface area contributed by atoms with E-state index in [1.54, 1.807) is 9.80 Å². The Hall–Kier alpha value is -2.08. The molecule has 0 spiro atoms. The molecule has 0 aromatic heterocycles. The van der Waals surface area contributed by atoms with Crippen LogP contribution < -0.4 is 4.74 Å². The van der Waals surface area contributed by atoms with Gasteiger partial charge in [-0.15, -0.1) is 0 Å². The van der Waals surface area contributed by atoms with E-state index in [1.165, 1.54) is 0 Å². The van der Waals surface area contributed by atoms with Gasteiger partial charge in [0.15, 0.2) is 0 Å². The number of nitrogens with zero attached hydrogens (tertiary/aromatic N) is 2. The Morgan fingerprint density at radius 2 is 2.08 bits per heavy atom. The third kappa shape index (κ3) is 5.46. The summed E-state index contributed by atoms with van der Waals surface area (Å²) in [5.74, 6) is 0.859. The van der Waals surface area contributed by atoms with Gasteiger partial charge in [-0.25, -0.2) is 0 Å². The molecule has 2 saturated heterocycles. The number of carbonyl (C=O) groups is 2. The second kappa shape index (κ2) is 9.57. The van der Waals surface area contributed by atoms with Crippen LogP contribution in [0.4, 0.5) is 0 Å². The Labute approximate surface area is 155 Å². The molecule has 6 nitrogen and oxygen atoms in total. The molecule has 2 aliphatic heterocycles. The third-order valence-corrected chi connectivity index (χ3v) is 4.92. The third-order valence-electron chi connectivity index (χ3n) is 4.92. The fourth-order valence-corrected chi connectivity index (χ4v) is 3.43. The van der Waals surface area contributed by atoms with Crippen molar-refractivity contribution in [3.05, 3.63) is 30.3 Å². The molecule has 1 atom stereocenters. The molecule has 3 rings (SSSR count). The highest BCUT2D eigenvalue weighted by molar-refractivity contribution is 5.85. The average molecular weight is 360 g/mol. The van der Waals surface area contributed by atoms with Gasteiger partial charge in [-0.2, -0.15) is 0 Å². The molecule has 2 fully saturated rings. The normalized spacial score (nSPS) is 20.2. The first-order valence-corrected chi connectivity index (χ1v) is 9.57. The Morgan fingerprint density at radius 1 is 1.23 bits per heavy atom. The van der Waals surface area contributed by atoms with Crippen LogP contribution in [0.3, 0.4) is 0 Å². The monoisotopic (exact) mass is 360 g/mol. The Morgan fingerprint density at radius 3 is 2.81 bits per heavy atom. The van der Waals surface area contributed by atoms with Crippen molar-refractivity contribution in [2.45, 2.75) is 38.2 Å². The van der Waals surface area contributed by atoms with Crippen LogP contribution in [-0.2, 0) is 14.3 Å². The molecule has 2 heterocycles. The summed E-state index contributed by atoms with van der Waals surface area (Å²) in [4.78, 5) is 28.3. The molecular weight excluding hydrogens is 332 g/mol. The summed E-state index contributed by atoms with van der Waals surface area (Å²) in [6.45, 7) is 3.10. The summed E-state index contributed by atoms with van der Waals surface area (Å²) >= 11 is 0. The first-order valence-electron chi connectivity index (χ1n) is 9.57. The van der Waals surface area contributed by atoms with Crippen molar-refractivity contribution in [3.8, 4) is 5.75 Å². The number of ether oxygens (including phenoxy) is 2. The number of piperidine rings is 1. The quantitative estimate of drug-likeness (QED) is 0.712. The summed E-state index contributed by atoms with van der Waals surface area (Å²) in [6, 6.07) is 9.59. The average Bonchev–Trinajstić information content (AvgIpc) is 3.17. The lowest BCUT2D eigenvalue weighted by molar-refractivity contribution is -0.142. The van der Waals surface area contributed by atoms with Crippen LogP contribution in [0.2, 0.25) is 0 Å². The highest BCUT2D eigenvalue weighted by Gasteiger charge is 2.26. The minimum atomic E-state index is -0.0209. The molecule has 0 saturated carbocycles. The van der Waals surface area contributed by atoms with Gasteiger partial charge >= 0.3 is 0 Å². The van der Waals surface area contributed by atoms with E-state index in [9.17, 15) is 9.59 Å². The second-order valence-corrected chi connectivity index (χ2v) is 6.91. The SMILES string of the molecule is O=C1CCCCN1CC(=O)N(CCOc1ccccc1)CC1CCCO1. The van der Waals surface area contributed by atoms with Crippen molar-refractivity contribution in [3.63, 3.8) is 0 Å². The lowest BCUT2D eigenvalue weighted by atomic mass is 10.1. The lowest BCUT2D eigenvalue weighted by Crippen LogP contribution is -2.47. The van der Waals surface area contributed by atoms with Gasteiger partial charge in [-0.3, -0.25) is 9.59 Å².